The van der Waals surface area contributed by atoms with Gasteiger partial charge in [0.2, 0.25) is 0 Å². The van der Waals surface area contributed by atoms with Crippen LogP contribution >= 0.6 is 0 Å². The number of amides is 2. The Kier molecular flexibility index (Phi) is 3.49. The largest absolute Gasteiger partial charge is 0.326 e. The highest BCUT2D eigenvalue weighted by Crippen LogP contribution is 2.34. The molecule has 0 spiro atoms. The van der Waals surface area contributed by atoms with Gasteiger partial charge in [0.05, 0.1) is 17.7 Å². The first kappa shape index (κ1) is 14.1. The molecule has 0 fully saturated rings. The molecule has 1 aliphatic rings. The lowest BCUT2D eigenvalue weighted by Crippen LogP contribution is -2.47. The Morgan fingerprint density at radius 1 is 1.30 bits per heavy atom. The molecule has 20 heavy (non-hydrogen) atoms. The third kappa shape index (κ3) is 2.50. The van der Waals surface area contributed by atoms with Gasteiger partial charge in [0.25, 0.3) is 0 Å². The second-order valence-corrected chi connectivity index (χ2v) is 5.70. The van der Waals surface area contributed by atoms with Crippen LogP contribution in [0.5, 0.6) is 0 Å². The van der Waals surface area contributed by atoms with Crippen molar-refractivity contribution in [2.45, 2.75) is 26.8 Å². The number of allylic oxidation sites excluding steroid dienone is 1. The van der Waals surface area contributed by atoms with E-state index in [0.717, 1.165) is 0 Å². The van der Waals surface area contributed by atoms with Crippen LogP contribution < -0.4 is 10.6 Å². The molecule has 1 aliphatic heterocycles. The van der Waals surface area contributed by atoms with Gasteiger partial charge in [0, 0.05) is 16.7 Å². The topological polar surface area (TPSA) is 64.9 Å². The van der Waals surface area contributed by atoms with E-state index in [1.165, 1.54) is 6.07 Å². The van der Waals surface area contributed by atoms with Gasteiger partial charge in [-0.05, 0) is 6.07 Å². The summed E-state index contributed by atoms with van der Waals surface area (Å²) in [4.78, 5) is 11.8. The molecule has 0 unspecified atom stereocenters. The van der Waals surface area contributed by atoms with Crippen LogP contribution in [-0.2, 0) is 0 Å². The van der Waals surface area contributed by atoms with Crippen LogP contribution in [0, 0.1) is 22.6 Å². The lowest BCUT2D eigenvalue weighted by Gasteiger charge is -2.33. The van der Waals surface area contributed by atoms with Gasteiger partial charge in [-0.3, -0.25) is 0 Å². The zero-order valence-corrected chi connectivity index (χ0v) is 11.6. The second-order valence-electron chi connectivity index (χ2n) is 5.70. The van der Waals surface area contributed by atoms with Crippen LogP contribution in [0.25, 0.3) is 0 Å². The fourth-order valence-corrected chi connectivity index (χ4v) is 2.22. The van der Waals surface area contributed by atoms with E-state index in [9.17, 15) is 14.4 Å². The van der Waals surface area contributed by atoms with Crippen molar-refractivity contribution in [3.63, 3.8) is 0 Å². The predicted octanol–water partition coefficient (Wildman–Crippen LogP) is 3.00. The number of nitriles is 1. The lowest BCUT2D eigenvalue weighted by atomic mass is 9.84. The summed E-state index contributed by atoms with van der Waals surface area (Å²) in [6.07, 6.45) is 0. The van der Waals surface area contributed by atoms with Crippen LogP contribution in [0.1, 0.15) is 32.4 Å². The van der Waals surface area contributed by atoms with Crippen molar-refractivity contribution in [3.8, 4) is 6.07 Å². The van der Waals surface area contributed by atoms with Gasteiger partial charge >= 0.3 is 6.03 Å². The monoisotopic (exact) mass is 273 g/mol. The summed E-state index contributed by atoms with van der Waals surface area (Å²) in [6, 6.07) is 7.04. The number of halogens is 1. The number of nitrogens with one attached hydrogen (secondary N) is 2. The Morgan fingerprint density at radius 2 is 1.95 bits per heavy atom. The Labute approximate surface area is 117 Å². The molecule has 0 radical (unpaired) electrons. The van der Waals surface area contributed by atoms with Crippen LogP contribution in [-0.4, -0.2) is 6.03 Å². The molecule has 1 aromatic carbocycles. The second kappa shape index (κ2) is 4.97. The Hall–Kier alpha value is -2.35. The van der Waals surface area contributed by atoms with Gasteiger partial charge in [0.15, 0.2) is 0 Å². The molecule has 2 N–H and O–H groups in total. The molecule has 5 heteroatoms. The maximum absolute atomic E-state index is 13.9. The molecular weight excluding hydrogens is 257 g/mol. The molecule has 4 nitrogen and oxygen atoms in total. The smallest absolute Gasteiger partial charge is 0.319 e. The average Bonchev–Trinajstić information content (AvgIpc) is 2.37. The van der Waals surface area contributed by atoms with Crippen molar-refractivity contribution >= 4 is 6.03 Å². The molecule has 2 rings (SSSR count). The van der Waals surface area contributed by atoms with Gasteiger partial charge in [-0.2, -0.15) is 5.26 Å². The van der Waals surface area contributed by atoms with E-state index in [-0.39, 0.29) is 0 Å². The van der Waals surface area contributed by atoms with Crippen molar-refractivity contribution in [1.29, 1.82) is 5.26 Å². The van der Waals surface area contributed by atoms with Crippen molar-refractivity contribution in [1.82, 2.24) is 10.6 Å². The van der Waals surface area contributed by atoms with Gasteiger partial charge in [0.1, 0.15) is 5.82 Å². The van der Waals surface area contributed by atoms with Crippen molar-refractivity contribution in [2.75, 3.05) is 0 Å². The van der Waals surface area contributed by atoms with Crippen LogP contribution in [0.4, 0.5) is 9.18 Å². The first-order valence-corrected chi connectivity index (χ1v) is 6.31. The van der Waals surface area contributed by atoms with E-state index >= 15 is 0 Å². The molecule has 0 bridgehead atoms. The number of carbonyl (C=O) groups excluding carboxylic acids is 1. The number of nitrogens with zero attached hydrogens (tertiary/aromatic N) is 1. The van der Waals surface area contributed by atoms with Crippen molar-refractivity contribution < 1.29 is 9.18 Å². The molecule has 0 saturated carbocycles. The number of rotatable bonds is 1. The summed E-state index contributed by atoms with van der Waals surface area (Å²) in [6.45, 7) is 5.68. The highest BCUT2D eigenvalue weighted by Gasteiger charge is 2.34. The zero-order valence-electron chi connectivity index (χ0n) is 11.6. The summed E-state index contributed by atoms with van der Waals surface area (Å²) in [7, 11) is 0. The number of hydrogen-bond donors (Lipinski definition) is 2. The molecule has 2 amide bonds. The summed E-state index contributed by atoms with van der Waals surface area (Å²) in [5.74, 6) is -0.444. The summed E-state index contributed by atoms with van der Waals surface area (Å²) >= 11 is 0. The van der Waals surface area contributed by atoms with Gasteiger partial charge < -0.3 is 10.6 Å². The van der Waals surface area contributed by atoms with Gasteiger partial charge in [-0.25, -0.2) is 9.18 Å². The van der Waals surface area contributed by atoms with E-state index < -0.39 is 23.3 Å². The number of hydrogen-bond acceptors (Lipinski definition) is 2. The minimum atomic E-state index is -0.760. The quantitative estimate of drug-likeness (QED) is 0.826. The van der Waals surface area contributed by atoms with Crippen molar-refractivity contribution in [2.24, 2.45) is 5.41 Å². The van der Waals surface area contributed by atoms with E-state index in [0.29, 0.717) is 16.8 Å². The van der Waals surface area contributed by atoms with Crippen molar-refractivity contribution in [3.05, 3.63) is 46.9 Å². The third-order valence-corrected chi connectivity index (χ3v) is 3.16. The molecule has 1 atom stereocenters. The minimum Gasteiger partial charge on any atom is -0.326 e. The number of benzene rings is 1. The standard InChI is InChI=1S/C15H16FN3O/c1-15(2,3)13-10(8-17)12(18-14(20)19-13)9-6-4-5-7-11(9)16/h4-7,12H,1-3H3,(H2,18,19,20)/t12-/m1/s1. The predicted molar refractivity (Wildman–Crippen MR) is 72.9 cm³/mol. The summed E-state index contributed by atoms with van der Waals surface area (Å²) < 4.78 is 13.9. The normalized spacial score (nSPS) is 19.1. The molecule has 1 aromatic rings. The Morgan fingerprint density at radius 3 is 2.50 bits per heavy atom. The summed E-state index contributed by atoms with van der Waals surface area (Å²) in [5.41, 5.74) is 0.742. The molecule has 104 valence electrons. The fourth-order valence-electron chi connectivity index (χ4n) is 2.22. The van der Waals surface area contributed by atoms with Gasteiger partial charge in [-0.15, -0.1) is 0 Å². The first-order valence-electron chi connectivity index (χ1n) is 6.31. The first-order chi connectivity index (χ1) is 9.34. The molecule has 0 aliphatic carbocycles. The lowest BCUT2D eigenvalue weighted by molar-refractivity contribution is 0.234. The maximum atomic E-state index is 13.9. The SMILES string of the molecule is CC(C)(C)C1=C(C#N)[C@@H](c2ccccc2F)NC(=O)N1. The Balaban J connectivity index is 2.61. The van der Waals surface area contributed by atoms with E-state index in [4.69, 9.17) is 0 Å². The molecule has 1 heterocycles. The van der Waals surface area contributed by atoms with E-state index in [1.54, 1.807) is 18.2 Å². The molecule has 0 aromatic heterocycles. The van der Waals surface area contributed by atoms with E-state index in [1.807, 2.05) is 20.8 Å². The highest BCUT2D eigenvalue weighted by molar-refractivity contribution is 5.80. The van der Waals surface area contributed by atoms with Crippen LogP contribution in [0.15, 0.2) is 35.5 Å². The van der Waals surface area contributed by atoms with Crippen LogP contribution in [0.2, 0.25) is 0 Å². The molecular formula is C15H16FN3O. The maximum Gasteiger partial charge on any atom is 0.319 e. The summed E-state index contributed by atoms with van der Waals surface area (Å²) in [5, 5.41) is 14.7. The zero-order chi connectivity index (χ0) is 14.9. The number of urea groups is 1. The fraction of sp³-hybridized carbons (Fsp3) is 0.333. The van der Waals surface area contributed by atoms with Gasteiger partial charge in [-0.1, -0.05) is 39.0 Å². The van der Waals surface area contributed by atoms with Crippen LogP contribution in [0.3, 0.4) is 0 Å². The third-order valence-electron chi connectivity index (χ3n) is 3.16. The van der Waals surface area contributed by atoms with E-state index in [2.05, 4.69) is 16.7 Å². The minimum absolute atomic E-state index is 0.292. The average molecular weight is 273 g/mol. The molecule has 0 saturated heterocycles. The number of carbonyl (C=O) groups is 1. The highest BCUT2D eigenvalue weighted by atomic mass is 19.1. The Bertz CT molecular complexity index is 623.